The highest BCUT2D eigenvalue weighted by Crippen LogP contribution is 2.30. The van der Waals surface area contributed by atoms with Gasteiger partial charge in [-0.15, -0.1) is 0 Å². The number of hydrogen-bond donors (Lipinski definition) is 0. The van der Waals surface area contributed by atoms with Gasteiger partial charge in [-0.2, -0.15) is 0 Å². The zero-order valence-corrected chi connectivity index (χ0v) is 7.12. The standard InChI is InChI=1S/C9H18.2CH4/c1-6-8(3)9(4,5)7-2;;/h3,6-7H2,1-2,4-5H3;2*1H4. The van der Waals surface area contributed by atoms with E-state index in [9.17, 15) is 0 Å². The highest BCUT2D eigenvalue weighted by molar-refractivity contribution is 5.05. The molecule has 0 aromatic carbocycles. The van der Waals surface area contributed by atoms with Crippen molar-refractivity contribution in [3.8, 4) is 0 Å². The van der Waals surface area contributed by atoms with Crippen molar-refractivity contribution in [1.82, 2.24) is 0 Å². The maximum absolute atomic E-state index is 4.02. The molecule has 0 unspecified atom stereocenters. The second kappa shape index (κ2) is 6.45. The zero-order chi connectivity index (χ0) is 7.49. The molecular formula is C11H26. The smallest absolute Gasteiger partial charge is 0.0150 e. The first-order valence-corrected chi connectivity index (χ1v) is 3.72. The maximum atomic E-state index is 4.02. The van der Waals surface area contributed by atoms with Gasteiger partial charge < -0.3 is 0 Å². The van der Waals surface area contributed by atoms with Gasteiger partial charge in [0.05, 0.1) is 0 Å². The van der Waals surface area contributed by atoms with Crippen LogP contribution in [-0.2, 0) is 0 Å². The van der Waals surface area contributed by atoms with Crippen LogP contribution in [0.4, 0.5) is 0 Å². The van der Waals surface area contributed by atoms with Gasteiger partial charge >= 0.3 is 0 Å². The van der Waals surface area contributed by atoms with Crippen LogP contribution in [0.5, 0.6) is 0 Å². The van der Waals surface area contributed by atoms with Crippen LogP contribution < -0.4 is 0 Å². The Bertz CT molecular complexity index is 98.6. The normalized spacial score (nSPS) is 9.45. The van der Waals surface area contributed by atoms with Gasteiger partial charge in [-0.1, -0.05) is 54.7 Å². The summed E-state index contributed by atoms with van der Waals surface area (Å²) in [5, 5.41) is 0. The first-order valence-electron chi connectivity index (χ1n) is 3.72. The molecule has 0 heteroatoms. The van der Waals surface area contributed by atoms with Gasteiger partial charge in [0.2, 0.25) is 0 Å². The van der Waals surface area contributed by atoms with Crippen molar-refractivity contribution in [2.45, 2.75) is 55.4 Å². The Morgan fingerprint density at radius 1 is 1.18 bits per heavy atom. The van der Waals surface area contributed by atoms with Crippen molar-refractivity contribution in [1.29, 1.82) is 0 Å². The van der Waals surface area contributed by atoms with E-state index < -0.39 is 0 Å². The third-order valence-electron chi connectivity index (χ3n) is 2.27. The van der Waals surface area contributed by atoms with Crippen molar-refractivity contribution in [3.05, 3.63) is 12.2 Å². The molecule has 0 atom stereocenters. The van der Waals surface area contributed by atoms with Gasteiger partial charge in [0.1, 0.15) is 0 Å². The average molecular weight is 158 g/mol. The quantitative estimate of drug-likeness (QED) is 0.524. The van der Waals surface area contributed by atoms with E-state index in [1.165, 1.54) is 12.0 Å². The molecule has 0 heterocycles. The van der Waals surface area contributed by atoms with Gasteiger partial charge in [-0.3, -0.25) is 0 Å². The van der Waals surface area contributed by atoms with E-state index >= 15 is 0 Å². The highest BCUT2D eigenvalue weighted by Gasteiger charge is 2.16. The summed E-state index contributed by atoms with van der Waals surface area (Å²) in [6.45, 7) is 12.9. The average Bonchev–Trinajstić information content (AvgIpc) is 1.86. The molecule has 0 aromatic heterocycles. The number of allylic oxidation sites excluding steroid dienone is 1. The summed E-state index contributed by atoms with van der Waals surface area (Å²) >= 11 is 0. The largest absolute Gasteiger partial charge is 0.0993 e. The molecule has 0 N–H and O–H groups in total. The second-order valence-corrected chi connectivity index (χ2v) is 3.19. The van der Waals surface area contributed by atoms with Gasteiger partial charge in [0.15, 0.2) is 0 Å². The van der Waals surface area contributed by atoms with Crippen molar-refractivity contribution in [3.63, 3.8) is 0 Å². The molecule has 0 saturated heterocycles. The molecule has 0 nitrogen and oxygen atoms in total. The molecule has 0 aromatic rings. The van der Waals surface area contributed by atoms with Crippen LogP contribution in [0.2, 0.25) is 0 Å². The summed E-state index contributed by atoms with van der Waals surface area (Å²) in [7, 11) is 0. The lowest BCUT2D eigenvalue weighted by Gasteiger charge is -2.24. The molecule has 0 rings (SSSR count). The molecule has 0 aliphatic rings. The Balaban J connectivity index is -0.000000320. The third kappa shape index (κ3) is 5.06. The number of rotatable bonds is 3. The van der Waals surface area contributed by atoms with Gasteiger partial charge in [0, 0.05) is 0 Å². The molecule has 0 spiro atoms. The van der Waals surface area contributed by atoms with Crippen molar-refractivity contribution in [2.24, 2.45) is 5.41 Å². The minimum absolute atomic E-state index is 0. The zero-order valence-electron chi connectivity index (χ0n) is 7.12. The monoisotopic (exact) mass is 158 g/mol. The molecular weight excluding hydrogens is 132 g/mol. The summed E-state index contributed by atoms with van der Waals surface area (Å²) in [5.74, 6) is 0. The van der Waals surface area contributed by atoms with Crippen LogP contribution in [0.1, 0.15) is 55.4 Å². The van der Waals surface area contributed by atoms with Crippen LogP contribution in [0.3, 0.4) is 0 Å². The van der Waals surface area contributed by atoms with Gasteiger partial charge in [0.25, 0.3) is 0 Å². The van der Waals surface area contributed by atoms with E-state index in [1.54, 1.807) is 0 Å². The first-order chi connectivity index (χ1) is 4.04. The minimum Gasteiger partial charge on any atom is -0.0993 e. The summed E-state index contributed by atoms with van der Waals surface area (Å²) < 4.78 is 0. The molecule has 70 valence electrons. The first kappa shape index (κ1) is 17.0. The maximum Gasteiger partial charge on any atom is -0.0150 e. The fourth-order valence-electron chi connectivity index (χ4n) is 0.729. The van der Waals surface area contributed by atoms with E-state index in [0.29, 0.717) is 5.41 Å². The van der Waals surface area contributed by atoms with Gasteiger partial charge in [-0.05, 0) is 18.3 Å². The van der Waals surface area contributed by atoms with Gasteiger partial charge in [-0.25, -0.2) is 0 Å². The minimum atomic E-state index is 0. The lowest BCUT2D eigenvalue weighted by molar-refractivity contribution is 0.419. The van der Waals surface area contributed by atoms with E-state index in [2.05, 4.69) is 34.3 Å². The number of hydrogen-bond acceptors (Lipinski definition) is 0. The molecule has 0 aliphatic carbocycles. The molecule has 0 fully saturated rings. The Kier molecular flexibility index (Phi) is 9.97. The molecule has 0 radical (unpaired) electrons. The lowest BCUT2D eigenvalue weighted by atomic mass is 9.81. The van der Waals surface area contributed by atoms with Crippen molar-refractivity contribution in [2.75, 3.05) is 0 Å². The predicted molar refractivity (Wildman–Crippen MR) is 57.0 cm³/mol. The summed E-state index contributed by atoms with van der Waals surface area (Å²) in [6, 6.07) is 0. The van der Waals surface area contributed by atoms with Crippen LogP contribution in [0, 0.1) is 5.41 Å². The summed E-state index contributed by atoms with van der Waals surface area (Å²) in [4.78, 5) is 0. The Morgan fingerprint density at radius 2 is 1.55 bits per heavy atom. The van der Waals surface area contributed by atoms with Crippen LogP contribution in [-0.4, -0.2) is 0 Å². The Labute approximate surface area is 73.7 Å². The molecule has 0 bridgehead atoms. The van der Waals surface area contributed by atoms with E-state index in [0.717, 1.165) is 6.42 Å². The molecule has 0 saturated carbocycles. The Morgan fingerprint density at radius 3 is 1.64 bits per heavy atom. The second-order valence-electron chi connectivity index (χ2n) is 3.19. The highest BCUT2D eigenvalue weighted by atomic mass is 14.2. The van der Waals surface area contributed by atoms with Crippen molar-refractivity contribution >= 4 is 0 Å². The lowest BCUT2D eigenvalue weighted by Crippen LogP contribution is -2.11. The molecule has 11 heavy (non-hydrogen) atoms. The third-order valence-corrected chi connectivity index (χ3v) is 2.27. The molecule has 0 aliphatic heterocycles. The van der Waals surface area contributed by atoms with Crippen LogP contribution in [0.15, 0.2) is 12.2 Å². The fraction of sp³-hybridized carbons (Fsp3) is 0.818. The topological polar surface area (TPSA) is 0 Å². The van der Waals surface area contributed by atoms with Crippen molar-refractivity contribution < 1.29 is 0 Å². The van der Waals surface area contributed by atoms with E-state index in [-0.39, 0.29) is 14.9 Å². The fourth-order valence-corrected chi connectivity index (χ4v) is 0.729. The summed E-state index contributed by atoms with van der Waals surface area (Å²) in [6.07, 6.45) is 2.31. The van der Waals surface area contributed by atoms with E-state index in [1.807, 2.05) is 0 Å². The van der Waals surface area contributed by atoms with E-state index in [4.69, 9.17) is 0 Å². The molecule has 0 amide bonds. The van der Waals surface area contributed by atoms with Crippen LogP contribution >= 0.6 is 0 Å². The summed E-state index contributed by atoms with van der Waals surface area (Å²) in [5.41, 5.74) is 1.72. The Hall–Kier alpha value is -0.260. The predicted octanol–water partition coefficient (Wildman–Crippen LogP) is 4.66. The van der Waals surface area contributed by atoms with Crippen LogP contribution in [0.25, 0.3) is 0 Å². The SMILES string of the molecule is C.C.C=C(CC)C(C)(C)CC.